The highest BCUT2D eigenvalue weighted by molar-refractivity contribution is 5.93. The van der Waals surface area contributed by atoms with Gasteiger partial charge in [-0.25, -0.2) is 19.2 Å². The lowest BCUT2D eigenvalue weighted by Gasteiger charge is -2.18. The van der Waals surface area contributed by atoms with Crippen LogP contribution in [0.1, 0.15) is 17.4 Å². The summed E-state index contributed by atoms with van der Waals surface area (Å²) in [5.74, 6) is 1.97. The molecule has 1 aliphatic rings. The molecule has 4 aromatic heterocycles. The summed E-state index contributed by atoms with van der Waals surface area (Å²) in [5, 5.41) is 19.0. The van der Waals surface area contributed by atoms with Crippen molar-refractivity contribution in [2.45, 2.75) is 12.5 Å². The Morgan fingerprint density at radius 2 is 1.97 bits per heavy atom. The number of aryl methyl sites for hydroxylation is 1. The molecule has 1 aromatic carbocycles. The predicted octanol–water partition coefficient (Wildman–Crippen LogP) is 3.25. The van der Waals surface area contributed by atoms with E-state index in [9.17, 15) is 9.18 Å². The van der Waals surface area contributed by atoms with Crippen LogP contribution in [-0.4, -0.2) is 47.4 Å². The summed E-state index contributed by atoms with van der Waals surface area (Å²) in [7, 11) is 3.50. The topological polar surface area (TPSA) is 118 Å². The fourth-order valence-corrected chi connectivity index (χ4v) is 4.29. The maximum Gasteiger partial charge on any atom is 0.323 e. The van der Waals surface area contributed by atoms with Crippen LogP contribution in [0, 0.1) is 5.82 Å². The number of aromatic nitrogens is 7. The molecule has 0 fully saturated rings. The number of carbonyl (C=O) groups is 1. The molecule has 12 heteroatoms. The Bertz CT molecular complexity index is 1610. The van der Waals surface area contributed by atoms with Crippen LogP contribution in [0.3, 0.4) is 0 Å². The maximum absolute atomic E-state index is 13.8. The number of benzene rings is 1. The second-order valence-electron chi connectivity index (χ2n) is 8.48. The third-order valence-electron chi connectivity index (χ3n) is 6.11. The van der Waals surface area contributed by atoms with Gasteiger partial charge in [-0.3, -0.25) is 14.0 Å². The quantitative estimate of drug-likeness (QED) is 0.393. The van der Waals surface area contributed by atoms with E-state index < -0.39 is 6.04 Å². The molecule has 0 saturated carbocycles. The fourth-order valence-electron chi connectivity index (χ4n) is 4.29. The summed E-state index contributed by atoms with van der Waals surface area (Å²) in [6, 6.07) is 12.8. The molecule has 1 atom stereocenters. The highest BCUT2D eigenvalue weighted by atomic mass is 19.1. The number of carbonyl (C=O) groups excluding carboxylic acids is 1. The summed E-state index contributed by atoms with van der Waals surface area (Å²) in [6.07, 6.45) is 3.71. The molecule has 0 aliphatic carbocycles. The Morgan fingerprint density at radius 3 is 2.78 bits per heavy atom. The Morgan fingerprint density at radius 1 is 1.08 bits per heavy atom. The van der Waals surface area contributed by atoms with E-state index in [4.69, 9.17) is 0 Å². The normalized spacial score (nSPS) is 15.1. The maximum atomic E-state index is 13.8. The monoisotopic (exact) mass is 484 g/mol. The number of rotatable bonds is 5. The van der Waals surface area contributed by atoms with Crippen molar-refractivity contribution in [1.82, 2.24) is 39.7 Å². The molecule has 5 heterocycles. The SMILES string of the molecule is CN1C(=O)NC(Cc2cccc(F)c2)c2nnc3cc(-c4ccnc(Nc5ccnn5C)n4)cc1n23. The Labute approximate surface area is 204 Å². The average Bonchev–Trinajstić information content (AvgIpc) is 3.46. The number of hydrogen-bond donors (Lipinski definition) is 2. The zero-order valence-electron chi connectivity index (χ0n) is 19.4. The van der Waals surface area contributed by atoms with E-state index in [0.717, 1.165) is 16.9 Å². The number of pyridine rings is 1. The molecule has 5 aromatic rings. The number of amides is 2. The number of anilines is 3. The van der Waals surface area contributed by atoms with Crippen LogP contribution < -0.4 is 15.5 Å². The van der Waals surface area contributed by atoms with Crippen molar-refractivity contribution in [1.29, 1.82) is 0 Å². The van der Waals surface area contributed by atoms with Crippen molar-refractivity contribution in [2.24, 2.45) is 7.05 Å². The minimum atomic E-state index is -0.488. The Balaban J connectivity index is 1.40. The van der Waals surface area contributed by atoms with Crippen molar-refractivity contribution >= 4 is 29.3 Å². The number of nitrogens with one attached hydrogen (secondary N) is 2. The van der Waals surface area contributed by atoms with Gasteiger partial charge >= 0.3 is 6.03 Å². The lowest BCUT2D eigenvalue weighted by Crippen LogP contribution is -2.38. The van der Waals surface area contributed by atoms with Gasteiger partial charge in [0.15, 0.2) is 11.5 Å². The fraction of sp³-hybridized carbons (Fsp3) is 0.167. The van der Waals surface area contributed by atoms with Gasteiger partial charge in [-0.2, -0.15) is 5.10 Å². The highest BCUT2D eigenvalue weighted by Gasteiger charge is 2.30. The Kier molecular flexibility index (Phi) is 5.06. The Hall–Kier alpha value is -4.87. The van der Waals surface area contributed by atoms with Gasteiger partial charge in [0.25, 0.3) is 0 Å². The van der Waals surface area contributed by atoms with Crippen LogP contribution >= 0.6 is 0 Å². The van der Waals surface area contributed by atoms with Crippen LogP contribution in [0.4, 0.5) is 26.8 Å². The minimum absolute atomic E-state index is 0.304. The molecule has 0 spiro atoms. The van der Waals surface area contributed by atoms with Gasteiger partial charge in [-0.15, -0.1) is 10.2 Å². The van der Waals surface area contributed by atoms with Crippen LogP contribution in [-0.2, 0) is 13.5 Å². The van der Waals surface area contributed by atoms with E-state index in [1.807, 2.05) is 35.7 Å². The molecule has 0 saturated heterocycles. The third-order valence-corrected chi connectivity index (χ3v) is 6.11. The first-order valence-electron chi connectivity index (χ1n) is 11.2. The lowest BCUT2D eigenvalue weighted by atomic mass is 10.1. The van der Waals surface area contributed by atoms with Crippen LogP contribution in [0.5, 0.6) is 0 Å². The van der Waals surface area contributed by atoms with Crippen molar-refractivity contribution in [2.75, 3.05) is 17.3 Å². The van der Waals surface area contributed by atoms with Crippen LogP contribution in [0.2, 0.25) is 0 Å². The van der Waals surface area contributed by atoms with Gasteiger partial charge < -0.3 is 10.6 Å². The molecular weight excluding hydrogens is 463 g/mol. The summed E-state index contributed by atoms with van der Waals surface area (Å²) in [6.45, 7) is 0. The van der Waals surface area contributed by atoms with E-state index in [-0.39, 0.29) is 11.8 Å². The first-order chi connectivity index (χ1) is 17.5. The van der Waals surface area contributed by atoms with Gasteiger partial charge in [0.1, 0.15) is 17.5 Å². The number of halogens is 1. The zero-order valence-corrected chi connectivity index (χ0v) is 19.4. The van der Waals surface area contributed by atoms with Gasteiger partial charge in [0.2, 0.25) is 5.95 Å². The van der Waals surface area contributed by atoms with Crippen molar-refractivity contribution in [3.63, 3.8) is 0 Å². The number of hydrogen-bond acceptors (Lipinski definition) is 7. The molecule has 180 valence electrons. The molecule has 36 heavy (non-hydrogen) atoms. The first-order valence-corrected chi connectivity index (χ1v) is 11.2. The molecule has 2 N–H and O–H groups in total. The van der Waals surface area contributed by atoms with E-state index >= 15 is 0 Å². The van der Waals surface area contributed by atoms with Crippen LogP contribution in [0.25, 0.3) is 16.9 Å². The van der Waals surface area contributed by atoms with Gasteiger partial charge in [-0.05, 0) is 35.9 Å². The zero-order chi connectivity index (χ0) is 24.8. The van der Waals surface area contributed by atoms with Gasteiger partial charge in [-0.1, -0.05) is 12.1 Å². The second-order valence-corrected chi connectivity index (χ2v) is 8.48. The third kappa shape index (κ3) is 3.78. The highest BCUT2D eigenvalue weighted by Crippen LogP contribution is 2.31. The molecule has 6 rings (SSSR count). The summed E-state index contributed by atoms with van der Waals surface area (Å²) >= 11 is 0. The predicted molar refractivity (Wildman–Crippen MR) is 130 cm³/mol. The molecule has 11 nitrogen and oxygen atoms in total. The van der Waals surface area contributed by atoms with Gasteiger partial charge in [0.05, 0.1) is 17.9 Å². The summed E-state index contributed by atoms with van der Waals surface area (Å²) < 4.78 is 17.3. The summed E-state index contributed by atoms with van der Waals surface area (Å²) in [4.78, 5) is 23.5. The first kappa shape index (κ1) is 21.6. The molecule has 0 radical (unpaired) electrons. The molecule has 1 unspecified atom stereocenters. The molecule has 2 amide bonds. The molecule has 1 aliphatic heterocycles. The van der Waals surface area contributed by atoms with Gasteiger partial charge in [0, 0.05) is 38.3 Å². The molecule has 0 bridgehead atoms. The van der Waals surface area contributed by atoms with E-state index in [2.05, 4.69) is 35.9 Å². The van der Waals surface area contributed by atoms with Crippen molar-refractivity contribution in [3.05, 3.63) is 78.1 Å². The van der Waals surface area contributed by atoms with E-state index in [1.165, 1.54) is 17.0 Å². The standard InChI is InChI=1S/C24H21FN10O/c1-33-21-13-15(17-6-8-26-23(28-17)30-19-7-9-27-34(19)2)12-20-31-32-22(35(20)21)18(29-24(33)36)11-14-4-3-5-16(25)10-14/h3-10,12-13,18H,11H2,1-2H3,(H,29,36)(H,26,28,30). The largest absolute Gasteiger partial charge is 0.327 e. The molecular formula is C24H21FN10O. The van der Waals surface area contributed by atoms with E-state index in [1.54, 1.807) is 36.3 Å². The lowest BCUT2D eigenvalue weighted by molar-refractivity contribution is 0.244. The van der Waals surface area contributed by atoms with Crippen molar-refractivity contribution in [3.8, 4) is 11.3 Å². The summed E-state index contributed by atoms with van der Waals surface area (Å²) in [5.41, 5.74) is 2.70. The van der Waals surface area contributed by atoms with Crippen LogP contribution in [0.15, 0.2) is 60.9 Å². The minimum Gasteiger partial charge on any atom is -0.327 e. The second kappa shape index (κ2) is 8.41. The van der Waals surface area contributed by atoms with Crippen molar-refractivity contribution < 1.29 is 9.18 Å². The number of nitrogens with zero attached hydrogens (tertiary/aromatic N) is 8. The average molecular weight is 484 g/mol. The smallest absolute Gasteiger partial charge is 0.323 e. The number of urea groups is 1. The van der Waals surface area contributed by atoms with E-state index in [0.29, 0.717) is 35.4 Å².